The monoisotopic (exact) mass is 317 g/mol. The van der Waals surface area contributed by atoms with Crippen LogP contribution in [0.25, 0.3) is 0 Å². The van der Waals surface area contributed by atoms with E-state index in [2.05, 4.69) is 71.2 Å². The van der Waals surface area contributed by atoms with Crippen molar-refractivity contribution in [2.75, 3.05) is 18.6 Å². The predicted molar refractivity (Wildman–Crippen MR) is 82.0 cm³/mol. The van der Waals surface area contributed by atoms with Gasteiger partial charge in [-0.1, -0.05) is 45.8 Å². The number of nitrogens with zero attached hydrogens (tertiary/aromatic N) is 1. The molecule has 0 bridgehead atoms. The van der Waals surface area contributed by atoms with Crippen LogP contribution >= 0.6 is 15.9 Å². The third kappa shape index (κ3) is 2.35. The molecular weight excluding hydrogens is 302 g/mol. The Morgan fingerprint density at radius 1 is 1.16 bits per heavy atom. The molecule has 0 amide bonds. The second-order valence-corrected chi connectivity index (χ2v) is 5.88. The quantitative estimate of drug-likeness (QED) is 0.776. The second-order valence-electron chi connectivity index (χ2n) is 4.96. The van der Waals surface area contributed by atoms with E-state index in [0.29, 0.717) is 6.61 Å². The summed E-state index contributed by atoms with van der Waals surface area (Å²) in [6.45, 7) is 2.79. The van der Waals surface area contributed by atoms with Gasteiger partial charge in [-0.15, -0.1) is 0 Å². The van der Waals surface area contributed by atoms with E-state index >= 15 is 0 Å². The highest BCUT2D eigenvalue weighted by molar-refractivity contribution is 9.10. The molecule has 0 saturated carbocycles. The molecular formula is C16H16BrNO. The number of fused-ring (bicyclic) bond motifs is 1. The third-order valence-corrected chi connectivity index (χ3v) is 4.12. The summed E-state index contributed by atoms with van der Waals surface area (Å²) in [5, 5.41) is 0. The highest BCUT2D eigenvalue weighted by atomic mass is 79.9. The molecule has 1 aliphatic heterocycles. The molecule has 2 nitrogen and oxygen atoms in total. The first-order valence-electron chi connectivity index (χ1n) is 6.37. The van der Waals surface area contributed by atoms with Crippen LogP contribution in [0.5, 0.6) is 5.75 Å². The maximum Gasteiger partial charge on any atom is 0.143 e. The standard InChI is InChI=1S/C16H16BrNO/c1-11-3-5-12(6-4-11)15-10-19-16-9-13(17)7-8-14(16)18(15)2/h3-9,15H,10H2,1-2H3. The van der Waals surface area contributed by atoms with Gasteiger partial charge in [0.2, 0.25) is 0 Å². The van der Waals surface area contributed by atoms with E-state index in [4.69, 9.17) is 4.74 Å². The van der Waals surface area contributed by atoms with Crippen LogP contribution in [0.15, 0.2) is 46.9 Å². The smallest absolute Gasteiger partial charge is 0.143 e. The lowest BCUT2D eigenvalue weighted by Crippen LogP contribution is -2.33. The average molecular weight is 318 g/mol. The molecule has 0 radical (unpaired) electrons. The molecule has 1 atom stereocenters. The molecule has 98 valence electrons. The highest BCUT2D eigenvalue weighted by Gasteiger charge is 2.25. The minimum atomic E-state index is 0.272. The van der Waals surface area contributed by atoms with Gasteiger partial charge in [0, 0.05) is 11.5 Å². The molecule has 2 aromatic rings. The molecule has 19 heavy (non-hydrogen) atoms. The number of benzene rings is 2. The van der Waals surface area contributed by atoms with Gasteiger partial charge in [0.15, 0.2) is 0 Å². The van der Waals surface area contributed by atoms with Crippen LogP contribution in [0.3, 0.4) is 0 Å². The summed E-state index contributed by atoms with van der Waals surface area (Å²) in [5.41, 5.74) is 3.72. The number of halogens is 1. The number of likely N-dealkylation sites (N-methyl/N-ethyl adjacent to an activating group) is 1. The van der Waals surface area contributed by atoms with Crippen LogP contribution in [0.4, 0.5) is 5.69 Å². The molecule has 0 N–H and O–H groups in total. The molecule has 1 aliphatic rings. The number of rotatable bonds is 1. The number of aryl methyl sites for hydroxylation is 1. The Bertz CT molecular complexity index is 594. The van der Waals surface area contributed by atoms with Crippen molar-refractivity contribution in [3.05, 3.63) is 58.1 Å². The van der Waals surface area contributed by atoms with E-state index in [9.17, 15) is 0 Å². The number of anilines is 1. The second kappa shape index (κ2) is 4.89. The van der Waals surface area contributed by atoms with Crippen LogP contribution < -0.4 is 9.64 Å². The van der Waals surface area contributed by atoms with E-state index in [-0.39, 0.29) is 6.04 Å². The van der Waals surface area contributed by atoms with Gasteiger partial charge in [-0.3, -0.25) is 0 Å². The van der Waals surface area contributed by atoms with Crippen molar-refractivity contribution in [3.63, 3.8) is 0 Å². The molecule has 0 spiro atoms. The largest absolute Gasteiger partial charge is 0.489 e. The Kier molecular flexibility index (Phi) is 3.23. The zero-order valence-electron chi connectivity index (χ0n) is 11.1. The highest BCUT2D eigenvalue weighted by Crippen LogP contribution is 2.39. The number of hydrogen-bond acceptors (Lipinski definition) is 2. The first kappa shape index (κ1) is 12.5. The predicted octanol–water partition coefficient (Wildman–Crippen LogP) is 4.33. The molecule has 0 aliphatic carbocycles. The summed E-state index contributed by atoms with van der Waals surface area (Å²) in [6.07, 6.45) is 0. The molecule has 2 aromatic carbocycles. The van der Waals surface area contributed by atoms with E-state index < -0.39 is 0 Å². The Morgan fingerprint density at radius 2 is 1.89 bits per heavy atom. The summed E-state index contributed by atoms with van der Waals surface area (Å²) in [7, 11) is 2.12. The summed E-state index contributed by atoms with van der Waals surface area (Å²) in [5.74, 6) is 0.945. The molecule has 0 fully saturated rings. The lowest BCUT2D eigenvalue weighted by atomic mass is 10.0. The van der Waals surface area contributed by atoms with Gasteiger partial charge in [-0.05, 0) is 30.7 Å². The number of ether oxygens (including phenoxy) is 1. The first-order chi connectivity index (χ1) is 9.15. The van der Waals surface area contributed by atoms with E-state index in [1.807, 2.05) is 6.07 Å². The molecule has 0 saturated heterocycles. The van der Waals surface area contributed by atoms with Gasteiger partial charge in [-0.25, -0.2) is 0 Å². The molecule has 1 heterocycles. The molecule has 3 heteroatoms. The zero-order chi connectivity index (χ0) is 13.4. The fraction of sp³-hybridized carbons (Fsp3) is 0.250. The van der Waals surface area contributed by atoms with Gasteiger partial charge in [0.1, 0.15) is 12.4 Å². The molecule has 1 unspecified atom stereocenters. The minimum Gasteiger partial charge on any atom is -0.489 e. The van der Waals surface area contributed by atoms with E-state index in [0.717, 1.165) is 15.9 Å². The summed E-state index contributed by atoms with van der Waals surface area (Å²) in [6, 6.07) is 15.1. The SMILES string of the molecule is Cc1ccc(C2COc3cc(Br)ccc3N2C)cc1. The van der Waals surface area contributed by atoms with Crippen molar-refractivity contribution in [2.24, 2.45) is 0 Å². The van der Waals surface area contributed by atoms with Gasteiger partial charge in [0.05, 0.1) is 11.7 Å². The van der Waals surface area contributed by atoms with Gasteiger partial charge < -0.3 is 9.64 Å². The number of hydrogen-bond donors (Lipinski definition) is 0. The summed E-state index contributed by atoms with van der Waals surface area (Å²) in [4.78, 5) is 2.29. The van der Waals surface area contributed by atoms with Crippen molar-refractivity contribution in [1.29, 1.82) is 0 Å². The zero-order valence-corrected chi connectivity index (χ0v) is 12.6. The van der Waals surface area contributed by atoms with E-state index in [1.165, 1.54) is 11.1 Å². The Hall–Kier alpha value is -1.48. The average Bonchev–Trinajstić information content (AvgIpc) is 2.40. The van der Waals surface area contributed by atoms with Crippen LogP contribution in [-0.4, -0.2) is 13.7 Å². The van der Waals surface area contributed by atoms with Crippen molar-refractivity contribution in [1.82, 2.24) is 0 Å². The topological polar surface area (TPSA) is 12.5 Å². The van der Waals surface area contributed by atoms with E-state index in [1.54, 1.807) is 0 Å². The maximum atomic E-state index is 5.90. The third-order valence-electron chi connectivity index (χ3n) is 3.63. The van der Waals surface area contributed by atoms with Crippen molar-refractivity contribution >= 4 is 21.6 Å². The Labute approximate surface area is 122 Å². The summed E-state index contributed by atoms with van der Waals surface area (Å²) < 4.78 is 6.95. The van der Waals surface area contributed by atoms with Crippen LogP contribution in [0.1, 0.15) is 17.2 Å². The van der Waals surface area contributed by atoms with Crippen LogP contribution in [0, 0.1) is 6.92 Å². The van der Waals surface area contributed by atoms with Crippen molar-refractivity contribution in [2.45, 2.75) is 13.0 Å². The summed E-state index contributed by atoms with van der Waals surface area (Å²) >= 11 is 3.48. The molecule has 0 aromatic heterocycles. The van der Waals surface area contributed by atoms with Crippen LogP contribution in [-0.2, 0) is 0 Å². The Morgan fingerprint density at radius 3 is 2.63 bits per heavy atom. The van der Waals surface area contributed by atoms with Crippen molar-refractivity contribution < 1.29 is 4.74 Å². The minimum absolute atomic E-state index is 0.272. The van der Waals surface area contributed by atoms with Gasteiger partial charge in [-0.2, -0.15) is 0 Å². The maximum absolute atomic E-state index is 5.90. The van der Waals surface area contributed by atoms with Crippen LogP contribution in [0.2, 0.25) is 0 Å². The van der Waals surface area contributed by atoms with Gasteiger partial charge >= 0.3 is 0 Å². The molecule has 3 rings (SSSR count). The van der Waals surface area contributed by atoms with Gasteiger partial charge in [0.25, 0.3) is 0 Å². The van der Waals surface area contributed by atoms with Crippen molar-refractivity contribution in [3.8, 4) is 5.75 Å². The Balaban J connectivity index is 1.95. The first-order valence-corrected chi connectivity index (χ1v) is 7.16. The fourth-order valence-electron chi connectivity index (χ4n) is 2.45. The lowest BCUT2D eigenvalue weighted by Gasteiger charge is -2.36. The fourth-order valence-corrected chi connectivity index (χ4v) is 2.79. The normalized spacial score (nSPS) is 17.8. The lowest BCUT2D eigenvalue weighted by molar-refractivity contribution is 0.268.